The predicted octanol–water partition coefficient (Wildman–Crippen LogP) is 9.95. The van der Waals surface area contributed by atoms with Gasteiger partial charge < -0.3 is 4.90 Å². The second kappa shape index (κ2) is 8.51. The Kier molecular flexibility index (Phi) is 5.21. The highest BCUT2D eigenvalue weighted by molar-refractivity contribution is 9.10. The molecule has 0 bridgehead atoms. The normalized spacial score (nSPS) is 11.2. The summed E-state index contributed by atoms with van der Waals surface area (Å²) < 4.78 is 3.73. The topological polar surface area (TPSA) is 3.24 Å². The molecule has 0 spiro atoms. The van der Waals surface area contributed by atoms with Gasteiger partial charge in [0.2, 0.25) is 0 Å². The van der Waals surface area contributed by atoms with Crippen LogP contribution in [0.3, 0.4) is 0 Å². The smallest absolute Gasteiger partial charge is 0.0472 e. The van der Waals surface area contributed by atoms with Gasteiger partial charge in [0.15, 0.2) is 0 Å². The third-order valence-electron chi connectivity index (χ3n) is 5.90. The zero-order chi connectivity index (χ0) is 22.2. The van der Waals surface area contributed by atoms with Gasteiger partial charge in [-0.1, -0.05) is 76.6 Å². The van der Waals surface area contributed by atoms with Gasteiger partial charge in [-0.15, -0.1) is 11.3 Å². The second-order valence-electron chi connectivity index (χ2n) is 8.01. The molecule has 0 aliphatic rings. The van der Waals surface area contributed by atoms with Gasteiger partial charge >= 0.3 is 0 Å². The van der Waals surface area contributed by atoms with Crippen LogP contribution in [0.2, 0.25) is 0 Å². The van der Waals surface area contributed by atoms with Gasteiger partial charge in [-0.05, 0) is 71.8 Å². The van der Waals surface area contributed by atoms with Crippen LogP contribution >= 0.6 is 27.3 Å². The van der Waals surface area contributed by atoms with Crippen LogP contribution < -0.4 is 4.90 Å². The van der Waals surface area contributed by atoms with Crippen LogP contribution in [0.25, 0.3) is 31.3 Å². The molecular formula is C30H20BrNS. The van der Waals surface area contributed by atoms with Gasteiger partial charge in [-0.2, -0.15) is 0 Å². The van der Waals surface area contributed by atoms with E-state index < -0.39 is 0 Å². The van der Waals surface area contributed by atoms with Crippen molar-refractivity contribution in [3.8, 4) is 11.1 Å². The van der Waals surface area contributed by atoms with Crippen molar-refractivity contribution in [1.82, 2.24) is 0 Å². The molecule has 0 aliphatic carbocycles. The fourth-order valence-electron chi connectivity index (χ4n) is 4.37. The zero-order valence-corrected chi connectivity index (χ0v) is 20.2. The molecule has 6 aromatic rings. The SMILES string of the molecule is Brc1cccc(N(c2ccccc2)c2cccc(-c3ccc4sc5ccccc5c4c3)c2)c1. The number of fused-ring (bicyclic) bond motifs is 3. The van der Waals surface area contributed by atoms with Crippen molar-refractivity contribution in [3.63, 3.8) is 0 Å². The van der Waals surface area contributed by atoms with E-state index in [0.29, 0.717) is 0 Å². The highest BCUT2D eigenvalue weighted by atomic mass is 79.9. The minimum absolute atomic E-state index is 1.06. The molecule has 6 rings (SSSR count). The maximum absolute atomic E-state index is 3.64. The number of halogens is 1. The van der Waals surface area contributed by atoms with Crippen LogP contribution in [0.1, 0.15) is 0 Å². The average Bonchev–Trinajstić information content (AvgIpc) is 3.23. The maximum atomic E-state index is 3.64. The van der Waals surface area contributed by atoms with Crippen molar-refractivity contribution in [3.05, 3.63) is 126 Å². The van der Waals surface area contributed by atoms with E-state index in [1.54, 1.807) is 0 Å². The minimum Gasteiger partial charge on any atom is -0.310 e. The summed E-state index contributed by atoms with van der Waals surface area (Å²) in [7, 11) is 0. The van der Waals surface area contributed by atoms with Crippen LogP contribution in [0.4, 0.5) is 17.1 Å². The van der Waals surface area contributed by atoms with Gasteiger partial charge in [0.05, 0.1) is 0 Å². The van der Waals surface area contributed by atoms with E-state index in [2.05, 4.69) is 142 Å². The van der Waals surface area contributed by atoms with E-state index in [4.69, 9.17) is 0 Å². The molecule has 3 heteroatoms. The molecule has 1 heterocycles. The Hall–Kier alpha value is -3.40. The maximum Gasteiger partial charge on any atom is 0.0472 e. The lowest BCUT2D eigenvalue weighted by molar-refractivity contribution is 1.28. The summed E-state index contributed by atoms with van der Waals surface area (Å²) in [5.74, 6) is 0. The summed E-state index contributed by atoms with van der Waals surface area (Å²) >= 11 is 5.50. The van der Waals surface area contributed by atoms with Crippen molar-refractivity contribution in [1.29, 1.82) is 0 Å². The number of para-hydroxylation sites is 1. The van der Waals surface area contributed by atoms with Crippen LogP contribution in [-0.4, -0.2) is 0 Å². The molecule has 0 fully saturated rings. The van der Waals surface area contributed by atoms with E-state index >= 15 is 0 Å². The van der Waals surface area contributed by atoms with E-state index in [9.17, 15) is 0 Å². The molecule has 1 nitrogen and oxygen atoms in total. The lowest BCUT2D eigenvalue weighted by Gasteiger charge is -2.26. The molecule has 158 valence electrons. The van der Waals surface area contributed by atoms with Gasteiger partial charge in [-0.3, -0.25) is 0 Å². The number of benzene rings is 5. The molecule has 1 aromatic heterocycles. The molecule has 5 aromatic carbocycles. The summed E-state index contributed by atoms with van der Waals surface area (Å²) in [5, 5.41) is 2.65. The van der Waals surface area contributed by atoms with E-state index in [-0.39, 0.29) is 0 Å². The van der Waals surface area contributed by atoms with Crippen molar-refractivity contribution in [2.75, 3.05) is 4.90 Å². The van der Waals surface area contributed by atoms with Crippen molar-refractivity contribution in [2.24, 2.45) is 0 Å². The number of anilines is 3. The number of rotatable bonds is 4. The van der Waals surface area contributed by atoms with Crippen LogP contribution in [0, 0.1) is 0 Å². The summed E-state index contributed by atoms with van der Waals surface area (Å²) in [6.07, 6.45) is 0. The largest absolute Gasteiger partial charge is 0.310 e. The van der Waals surface area contributed by atoms with E-state index in [0.717, 1.165) is 21.5 Å². The summed E-state index contributed by atoms with van der Waals surface area (Å²) in [6.45, 7) is 0. The van der Waals surface area contributed by atoms with Gasteiger partial charge in [0.25, 0.3) is 0 Å². The molecule has 0 N–H and O–H groups in total. The average molecular weight is 506 g/mol. The molecule has 0 saturated heterocycles. The number of thiophene rings is 1. The first-order valence-corrected chi connectivity index (χ1v) is 12.5. The first-order valence-electron chi connectivity index (χ1n) is 10.9. The summed E-state index contributed by atoms with van der Waals surface area (Å²) in [5.41, 5.74) is 5.82. The summed E-state index contributed by atoms with van der Waals surface area (Å²) in [6, 6.07) is 43.3. The van der Waals surface area contributed by atoms with Crippen molar-refractivity contribution in [2.45, 2.75) is 0 Å². The summed E-state index contributed by atoms with van der Waals surface area (Å²) in [4.78, 5) is 2.30. The van der Waals surface area contributed by atoms with Gasteiger partial charge in [0.1, 0.15) is 0 Å². The lowest BCUT2D eigenvalue weighted by atomic mass is 10.0. The predicted molar refractivity (Wildman–Crippen MR) is 147 cm³/mol. The Morgan fingerprint density at radius 1 is 0.485 bits per heavy atom. The Labute approximate surface area is 205 Å². The molecule has 0 aliphatic heterocycles. The third kappa shape index (κ3) is 3.84. The Bertz CT molecular complexity index is 1590. The Morgan fingerprint density at radius 2 is 1.15 bits per heavy atom. The fourth-order valence-corrected chi connectivity index (χ4v) is 5.84. The third-order valence-corrected chi connectivity index (χ3v) is 7.54. The second-order valence-corrected chi connectivity index (χ2v) is 10.0. The Balaban J connectivity index is 1.49. The molecule has 33 heavy (non-hydrogen) atoms. The monoisotopic (exact) mass is 505 g/mol. The van der Waals surface area contributed by atoms with Crippen LogP contribution in [0.5, 0.6) is 0 Å². The lowest BCUT2D eigenvalue weighted by Crippen LogP contribution is -2.09. The van der Waals surface area contributed by atoms with Gasteiger partial charge in [-0.25, -0.2) is 0 Å². The molecule has 0 unspecified atom stereocenters. The molecule has 0 amide bonds. The first-order chi connectivity index (χ1) is 16.3. The Morgan fingerprint density at radius 3 is 2.00 bits per heavy atom. The quantitative estimate of drug-likeness (QED) is 0.230. The number of hydrogen-bond acceptors (Lipinski definition) is 2. The van der Waals surface area contributed by atoms with Gasteiger partial charge in [0, 0.05) is 41.7 Å². The minimum atomic E-state index is 1.06. The number of hydrogen-bond donors (Lipinski definition) is 0. The first kappa shape index (κ1) is 20.2. The fraction of sp³-hybridized carbons (Fsp3) is 0. The molecule has 0 saturated carbocycles. The molecule has 0 atom stereocenters. The van der Waals surface area contributed by atoms with Crippen molar-refractivity contribution < 1.29 is 0 Å². The molecule has 0 radical (unpaired) electrons. The van der Waals surface area contributed by atoms with E-state index in [1.165, 1.54) is 31.3 Å². The highest BCUT2D eigenvalue weighted by Gasteiger charge is 2.14. The molecular weight excluding hydrogens is 486 g/mol. The van der Waals surface area contributed by atoms with E-state index in [1.807, 2.05) is 11.3 Å². The standard InChI is InChI=1S/C30H20BrNS/c31-23-9-7-13-26(20-23)32(24-10-2-1-3-11-24)25-12-6-8-21(18-25)22-16-17-30-28(19-22)27-14-4-5-15-29(27)33-30/h1-20H. The highest BCUT2D eigenvalue weighted by Crippen LogP contribution is 2.39. The zero-order valence-electron chi connectivity index (χ0n) is 17.8. The van der Waals surface area contributed by atoms with Crippen LogP contribution in [0.15, 0.2) is 126 Å². The van der Waals surface area contributed by atoms with Crippen molar-refractivity contribution >= 4 is 64.5 Å². The van der Waals surface area contributed by atoms with Crippen LogP contribution in [-0.2, 0) is 0 Å². The number of nitrogens with zero attached hydrogens (tertiary/aromatic N) is 1.